The van der Waals surface area contributed by atoms with Crippen LogP contribution in [0.3, 0.4) is 0 Å². The minimum Gasteiger partial charge on any atom is -0.503 e. The molecule has 0 aliphatic carbocycles. The van der Waals surface area contributed by atoms with E-state index in [9.17, 15) is 18.7 Å². The van der Waals surface area contributed by atoms with E-state index in [0.29, 0.717) is 22.4 Å². The SMILES string of the molecule is O=c1ccn(-c2ccc3oc(-c4ccc(F)c(F)c4)nc3c2)cc1O. The molecule has 0 saturated heterocycles. The second-order valence-electron chi connectivity index (χ2n) is 5.40. The van der Waals surface area contributed by atoms with E-state index < -0.39 is 17.1 Å². The van der Waals surface area contributed by atoms with Crippen LogP contribution in [0.4, 0.5) is 8.78 Å². The van der Waals surface area contributed by atoms with E-state index in [-0.39, 0.29) is 11.6 Å². The normalized spacial score (nSPS) is 11.1. The Hall–Kier alpha value is -3.48. The van der Waals surface area contributed by atoms with E-state index in [1.165, 1.54) is 24.5 Å². The molecular formula is C18H10F2N2O3. The zero-order valence-electron chi connectivity index (χ0n) is 12.6. The number of aromatic nitrogens is 2. The topological polar surface area (TPSA) is 68.3 Å². The van der Waals surface area contributed by atoms with E-state index in [1.807, 2.05) is 0 Å². The zero-order valence-corrected chi connectivity index (χ0v) is 12.6. The van der Waals surface area contributed by atoms with Crippen molar-refractivity contribution in [3.05, 3.63) is 76.7 Å². The van der Waals surface area contributed by atoms with Gasteiger partial charge in [0.2, 0.25) is 11.3 Å². The van der Waals surface area contributed by atoms with Crippen molar-refractivity contribution < 1.29 is 18.3 Å². The molecule has 7 heteroatoms. The Morgan fingerprint density at radius 3 is 2.64 bits per heavy atom. The van der Waals surface area contributed by atoms with Crippen LogP contribution in [-0.4, -0.2) is 14.7 Å². The van der Waals surface area contributed by atoms with E-state index >= 15 is 0 Å². The van der Waals surface area contributed by atoms with Crippen molar-refractivity contribution in [2.75, 3.05) is 0 Å². The highest BCUT2D eigenvalue weighted by Crippen LogP contribution is 2.27. The van der Waals surface area contributed by atoms with E-state index in [1.54, 1.807) is 22.8 Å². The number of rotatable bonds is 2. The lowest BCUT2D eigenvalue weighted by Crippen LogP contribution is -2.03. The third kappa shape index (κ3) is 2.65. The quantitative estimate of drug-likeness (QED) is 0.605. The van der Waals surface area contributed by atoms with Crippen LogP contribution in [0.1, 0.15) is 0 Å². The highest BCUT2D eigenvalue weighted by molar-refractivity contribution is 5.78. The first-order chi connectivity index (χ1) is 12.0. The lowest BCUT2D eigenvalue weighted by molar-refractivity contribution is 0.465. The van der Waals surface area contributed by atoms with Gasteiger partial charge in [-0.1, -0.05) is 0 Å². The van der Waals surface area contributed by atoms with Gasteiger partial charge in [0.25, 0.3) is 0 Å². The minimum absolute atomic E-state index is 0.161. The minimum atomic E-state index is -0.982. The summed E-state index contributed by atoms with van der Waals surface area (Å²) in [5.41, 5.74) is 1.45. The van der Waals surface area contributed by atoms with Crippen LogP contribution >= 0.6 is 0 Å². The molecule has 0 bridgehead atoms. The summed E-state index contributed by atoms with van der Waals surface area (Å²) >= 11 is 0. The van der Waals surface area contributed by atoms with Crippen LogP contribution in [0.2, 0.25) is 0 Å². The predicted molar refractivity (Wildman–Crippen MR) is 86.6 cm³/mol. The predicted octanol–water partition coefficient (Wildman–Crippen LogP) is 3.63. The number of pyridine rings is 1. The fraction of sp³-hybridized carbons (Fsp3) is 0. The summed E-state index contributed by atoms with van der Waals surface area (Å²) in [6.45, 7) is 0. The molecule has 0 fully saturated rings. The number of hydrogen-bond donors (Lipinski definition) is 1. The standard InChI is InChI=1S/C18H10F2N2O3/c19-12-3-1-10(7-13(12)20)18-21-14-8-11(2-4-17(14)25-18)22-6-5-15(23)16(24)9-22/h1-9,24H. The highest BCUT2D eigenvalue weighted by atomic mass is 19.2. The van der Waals surface area contributed by atoms with Gasteiger partial charge in [0.15, 0.2) is 23.0 Å². The average molecular weight is 340 g/mol. The van der Waals surface area contributed by atoms with Gasteiger partial charge < -0.3 is 14.1 Å². The van der Waals surface area contributed by atoms with Crippen LogP contribution in [0, 0.1) is 11.6 Å². The molecule has 0 unspecified atom stereocenters. The molecule has 0 radical (unpaired) electrons. The van der Waals surface area contributed by atoms with Crippen molar-refractivity contribution >= 4 is 11.1 Å². The maximum atomic E-state index is 13.4. The molecule has 2 aromatic heterocycles. The van der Waals surface area contributed by atoms with Gasteiger partial charge in [0, 0.05) is 23.5 Å². The van der Waals surface area contributed by atoms with Gasteiger partial charge >= 0.3 is 0 Å². The second-order valence-corrected chi connectivity index (χ2v) is 5.40. The van der Waals surface area contributed by atoms with E-state index in [4.69, 9.17) is 4.42 Å². The molecule has 4 aromatic rings. The molecule has 2 aromatic carbocycles. The van der Waals surface area contributed by atoms with Gasteiger partial charge in [-0.25, -0.2) is 13.8 Å². The number of hydrogen-bond acceptors (Lipinski definition) is 4. The Kier molecular flexibility index (Phi) is 3.35. The maximum Gasteiger partial charge on any atom is 0.227 e. The Morgan fingerprint density at radius 2 is 1.88 bits per heavy atom. The van der Waals surface area contributed by atoms with Crippen molar-refractivity contribution in [2.45, 2.75) is 0 Å². The van der Waals surface area contributed by atoms with Gasteiger partial charge in [-0.2, -0.15) is 0 Å². The van der Waals surface area contributed by atoms with E-state index in [0.717, 1.165) is 12.1 Å². The molecule has 0 amide bonds. The Morgan fingerprint density at radius 1 is 1.04 bits per heavy atom. The molecule has 0 atom stereocenters. The summed E-state index contributed by atoms with van der Waals surface area (Å²) in [7, 11) is 0. The summed E-state index contributed by atoms with van der Waals surface area (Å²) in [6, 6.07) is 9.71. The van der Waals surface area contributed by atoms with Gasteiger partial charge in [0.1, 0.15) is 5.52 Å². The van der Waals surface area contributed by atoms with Crippen molar-refractivity contribution in [1.82, 2.24) is 9.55 Å². The second kappa shape index (κ2) is 5.55. The Bertz CT molecular complexity index is 1160. The van der Waals surface area contributed by atoms with E-state index in [2.05, 4.69) is 4.98 Å². The first-order valence-electron chi connectivity index (χ1n) is 7.29. The lowest BCUT2D eigenvalue weighted by atomic mass is 10.2. The molecule has 0 aliphatic heterocycles. The number of halogens is 2. The fourth-order valence-electron chi connectivity index (χ4n) is 2.46. The average Bonchev–Trinajstić information content (AvgIpc) is 3.03. The first kappa shape index (κ1) is 15.1. The highest BCUT2D eigenvalue weighted by Gasteiger charge is 2.12. The van der Waals surface area contributed by atoms with Gasteiger partial charge in [0.05, 0.1) is 6.20 Å². The molecule has 25 heavy (non-hydrogen) atoms. The summed E-state index contributed by atoms with van der Waals surface area (Å²) < 4.78 is 33.6. The fourth-order valence-corrected chi connectivity index (χ4v) is 2.46. The van der Waals surface area contributed by atoms with Crippen molar-refractivity contribution in [2.24, 2.45) is 0 Å². The van der Waals surface area contributed by atoms with Gasteiger partial charge in [-0.05, 0) is 36.4 Å². The molecule has 0 saturated carbocycles. The number of oxazole rings is 1. The summed E-state index contributed by atoms with van der Waals surface area (Å²) in [5, 5.41) is 9.54. The summed E-state index contributed by atoms with van der Waals surface area (Å²) in [6.07, 6.45) is 2.80. The van der Waals surface area contributed by atoms with Crippen LogP contribution in [0.25, 0.3) is 28.2 Å². The number of nitrogens with zero attached hydrogens (tertiary/aromatic N) is 2. The first-order valence-corrected chi connectivity index (χ1v) is 7.29. The molecule has 0 spiro atoms. The number of benzene rings is 2. The smallest absolute Gasteiger partial charge is 0.227 e. The number of aromatic hydroxyl groups is 1. The third-order valence-corrected chi connectivity index (χ3v) is 3.74. The van der Waals surface area contributed by atoms with Crippen LogP contribution in [0.15, 0.2) is 64.1 Å². The molecule has 1 N–H and O–H groups in total. The molecule has 2 heterocycles. The Balaban J connectivity index is 1.80. The third-order valence-electron chi connectivity index (χ3n) is 3.74. The van der Waals surface area contributed by atoms with Crippen molar-refractivity contribution in [1.29, 1.82) is 0 Å². The van der Waals surface area contributed by atoms with Crippen molar-refractivity contribution in [3.63, 3.8) is 0 Å². The van der Waals surface area contributed by atoms with Gasteiger partial charge in [-0.3, -0.25) is 4.79 Å². The molecule has 4 rings (SSSR count). The summed E-state index contributed by atoms with van der Waals surface area (Å²) in [4.78, 5) is 15.6. The van der Waals surface area contributed by atoms with Gasteiger partial charge in [-0.15, -0.1) is 0 Å². The van der Waals surface area contributed by atoms with Crippen LogP contribution < -0.4 is 5.43 Å². The zero-order chi connectivity index (χ0) is 17.6. The molecular weight excluding hydrogens is 330 g/mol. The van der Waals surface area contributed by atoms with Crippen LogP contribution in [0.5, 0.6) is 5.75 Å². The van der Waals surface area contributed by atoms with Crippen LogP contribution in [-0.2, 0) is 0 Å². The largest absolute Gasteiger partial charge is 0.503 e. The monoisotopic (exact) mass is 340 g/mol. The molecule has 124 valence electrons. The van der Waals surface area contributed by atoms with Crippen molar-refractivity contribution in [3.8, 4) is 22.9 Å². The maximum absolute atomic E-state index is 13.4. The summed E-state index contributed by atoms with van der Waals surface area (Å²) in [5.74, 6) is -2.14. The lowest BCUT2D eigenvalue weighted by Gasteiger charge is -2.05. The molecule has 0 aliphatic rings. The Labute approximate surface area is 139 Å². The molecule has 5 nitrogen and oxygen atoms in total. The number of fused-ring (bicyclic) bond motifs is 1.